The van der Waals surface area contributed by atoms with Crippen molar-refractivity contribution in [3.63, 3.8) is 0 Å². The van der Waals surface area contributed by atoms with Crippen LogP contribution in [0.25, 0.3) is 0 Å². The molecule has 0 radical (unpaired) electrons. The van der Waals surface area contributed by atoms with Crippen LogP contribution in [0.15, 0.2) is 41.1 Å². The molecule has 0 aliphatic heterocycles. The summed E-state index contributed by atoms with van der Waals surface area (Å²) in [6.45, 7) is 5.13. The van der Waals surface area contributed by atoms with Crippen LogP contribution in [0.5, 0.6) is 0 Å². The summed E-state index contributed by atoms with van der Waals surface area (Å²) >= 11 is 1.58. The van der Waals surface area contributed by atoms with Crippen LogP contribution in [-0.2, 0) is 5.60 Å². The first kappa shape index (κ1) is 15.2. The van der Waals surface area contributed by atoms with Gasteiger partial charge < -0.3 is 10.4 Å². The molecule has 1 aromatic carbocycles. The molecule has 2 aromatic rings. The Bertz CT molecular complexity index is 522. The zero-order chi connectivity index (χ0) is 14.6. The van der Waals surface area contributed by atoms with E-state index in [1.807, 2.05) is 23.8 Å². The molecule has 2 nitrogen and oxygen atoms in total. The van der Waals surface area contributed by atoms with E-state index in [0.29, 0.717) is 6.54 Å². The first-order chi connectivity index (χ1) is 9.49. The van der Waals surface area contributed by atoms with Gasteiger partial charge in [0.1, 0.15) is 5.82 Å². The number of benzene rings is 1. The summed E-state index contributed by atoms with van der Waals surface area (Å²) in [6, 6.07) is 8.51. The molecule has 0 aliphatic rings. The maximum atomic E-state index is 12.9. The molecule has 1 heterocycles. The molecule has 0 saturated carbocycles. The van der Waals surface area contributed by atoms with Crippen molar-refractivity contribution in [2.75, 3.05) is 13.1 Å². The highest BCUT2D eigenvalue weighted by Crippen LogP contribution is 2.22. The molecule has 20 heavy (non-hydrogen) atoms. The van der Waals surface area contributed by atoms with Crippen LogP contribution in [0.2, 0.25) is 0 Å². The number of hydrogen-bond acceptors (Lipinski definition) is 3. The van der Waals surface area contributed by atoms with Gasteiger partial charge >= 0.3 is 0 Å². The van der Waals surface area contributed by atoms with Crippen LogP contribution >= 0.6 is 11.3 Å². The third-order valence-electron chi connectivity index (χ3n) is 3.50. The number of halogens is 1. The van der Waals surface area contributed by atoms with Gasteiger partial charge in [0.2, 0.25) is 0 Å². The monoisotopic (exact) mass is 293 g/mol. The molecule has 0 spiro atoms. The van der Waals surface area contributed by atoms with Crippen molar-refractivity contribution in [1.82, 2.24) is 5.32 Å². The molecule has 0 saturated heterocycles. The van der Waals surface area contributed by atoms with Gasteiger partial charge in [0.05, 0.1) is 5.60 Å². The second-order valence-corrected chi connectivity index (χ2v) is 6.15. The zero-order valence-corrected chi connectivity index (χ0v) is 12.6. The summed E-state index contributed by atoms with van der Waals surface area (Å²) in [5, 5.41) is 17.6. The first-order valence-corrected chi connectivity index (χ1v) is 7.64. The largest absolute Gasteiger partial charge is 0.384 e. The van der Waals surface area contributed by atoms with E-state index in [1.165, 1.54) is 12.1 Å². The van der Waals surface area contributed by atoms with Gasteiger partial charge in [-0.1, -0.05) is 19.1 Å². The molecule has 2 N–H and O–H groups in total. The smallest absolute Gasteiger partial charge is 0.123 e. The molecule has 0 amide bonds. The Hall–Kier alpha value is -1.23. The molecule has 108 valence electrons. The molecular weight excluding hydrogens is 273 g/mol. The van der Waals surface area contributed by atoms with Crippen LogP contribution in [0, 0.1) is 5.82 Å². The SMILES string of the molecule is CC(CNCC(C)(O)c1ccsc1)c1ccc(F)cc1. The van der Waals surface area contributed by atoms with E-state index >= 15 is 0 Å². The Balaban J connectivity index is 1.85. The Morgan fingerprint density at radius 2 is 2.00 bits per heavy atom. The lowest BCUT2D eigenvalue weighted by atomic mass is 9.98. The standard InChI is InChI=1S/C16H20FNOS/c1-12(13-3-5-15(17)6-4-13)9-18-11-16(2,19)14-7-8-20-10-14/h3-8,10,12,18-19H,9,11H2,1-2H3. The lowest BCUT2D eigenvalue weighted by Crippen LogP contribution is -2.36. The Morgan fingerprint density at radius 3 is 2.60 bits per heavy atom. The van der Waals surface area contributed by atoms with E-state index in [-0.39, 0.29) is 11.7 Å². The van der Waals surface area contributed by atoms with E-state index < -0.39 is 5.60 Å². The molecular formula is C16H20FNOS. The number of aliphatic hydroxyl groups is 1. The van der Waals surface area contributed by atoms with Gasteiger partial charge in [-0.15, -0.1) is 0 Å². The van der Waals surface area contributed by atoms with E-state index in [2.05, 4.69) is 12.2 Å². The first-order valence-electron chi connectivity index (χ1n) is 6.70. The quantitative estimate of drug-likeness (QED) is 0.854. The fourth-order valence-corrected chi connectivity index (χ4v) is 2.90. The van der Waals surface area contributed by atoms with E-state index in [9.17, 15) is 9.50 Å². The second kappa shape index (κ2) is 6.48. The lowest BCUT2D eigenvalue weighted by molar-refractivity contribution is 0.0573. The van der Waals surface area contributed by atoms with Crippen LogP contribution in [0.3, 0.4) is 0 Å². The summed E-state index contributed by atoms with van der Waals surface area (Å²) in [5.41, 5.74) is 1.17. The summed E-state index contributed by atoms with van der Waals surface area (Å²) in [7, 11) is 0. The molecule has 0 aliphatic carbocycles. The van der Waals surface area contributed by atoms with Crippen LogP contribution in [-0.4, -0.2) is 18.2 Å². The lowest BCUT2D eigenvalue weighted by Gasteiger charge is -2.24. The van der Waals surface area contributed by atoms with Crippen LogP contribution < -0.4 is 5.32 Å². The van der Waals surface area contributed by atoms with Crippen molar-refractivity contribution in [2.45, 2.75) is 25.4 Å². The maximum absolute atomic E-state index is 12.9. The highest BCUT2D eigenvalue weighted by Gasteiger charge is 2.23. The van der Waals surface area contributed by atoms with Gasteiger partial charge in [-0.2, -0.15) is 11.3 Å². The summed E-state index contributed by atoms with van der Waals surface area (Å²) in [5.74, 6) is 0.0585. The normalized spacial score (nSPS) is 15.8. The molecule has 2 rings (SSSR count). The number of thiophene rings is 1. The van der Waals surface area contributed by atoms with Gasteiger partial charge in [0.15, 0.2) is 0 Å². The average molecular weight is 293 g/mol. The third kappa shape index (κ3) is 3.88. The molecule has 1 aromatic heterocycles. The predicted molar refractivity (Wildman–Crippen MR) is 81.6 cm³/mol. The fourth-order valence-electron chi connectivity index (χ4n) is 2.11. The minimum atomic E-state index is -0.859. The maximum Gasteiger partial charge on any atom is 0.123 e. The summed E-state index contributed by atoms with van der Waals surface area (Å²) in [6.07, 6.45) is 0. The highest BCUT2D eigenvalue weighted by molar-refractivity contribution is 7.08. The number of nitrogens with one attached hydrogen (secondary N) is 1. The van der Waals surface area contributed by atoms with Gasteiger partial charge in [-0.3, -0.25) is 0 Å². The topological polar surface area (TPSA) is 32.3 Å². The summed E-state index contributed by atoms with van der Waals surface area (Å²) < 4.78 is 12.9. The molecule has 4 heteroatoms. The van der Waals surface area contributed by atoms with Crippen molar-refractivity contribution in [2.24, 2.45) is 0 Å². The van der Waals surface area contributed by atoms with Gasteiger partial charge in [0, 0.05) is 13.1 Å². The minimum absolute atomic E-state index is 0.214. The van der Waals surface area contributed by atoms with E-state index in [0.717, 1.165) is 17.7 Å². The van der Waals surface area contributed by atoms with E-state index in [1.54, 1.807) is 23.5 Å². The molecule has 2 atom stereocenters. The highest BCUT2D eigenvalue weighted by atomic mass is 32.1. The molecule has 0 fully saturated rings. The summed E-state index contributed by atoms with van der Waals surface area (Å²) in [4.78, 5) is 0. The Kier molecular flexibility index (Phi) is 4.91. The van der Waals surface area contributed by atoms with Crippen LogP contribution in [0.1, 0.15) is 30.9 Å². The number of hydrogen-bond donors (Lipinski definition) is 2. The average Bonchev–Trinajstić information content (AvgIpc) is 2.94. The van der Waals surface area contributed by atoms with Crippen molar-refractivity contribution >= 4 is 11.3 Å². The van der Waals surface area contributed by atoms with Crippen molar-refractivity contribution < 1.29 is 9.50 Å². The van der Waals surface area contributed by atoms with Gasteiger partial charge in [0.25, 0.3) is 0 Å². The Morgan fingerprint density at radius 1 is 1.30 bits per heavy atom. The third-order valence-corrected chi connectivity index (χ3v) is 4.19. The number of rotatable bonds is 6. The zero-order valence-electron chi connectivity index (χ0n) is 11.8. The van der Waals surface area contributed by atoms with Crippen molar-refractivity contribution in [3.05, 3.63) is 58.0 Å². The van der Waals surface area contributed by atoms with E-state index in [4.69, 9.17) is 0 Å². The Labute approximate surface area is 123 Å². The van der Waals surface area contributed by atoms with Gasteiger partial charge in [-0.25, -0.2) is 4.39 Å². The van der Waals surface area contributed by atoms with Crippen molar-refractivity contribution in [3.8, 4) is 0 Å². The predicted octanol–water partition coefficient (Wildman–Crippen LogP) is 3.49. The fraction of sp³-hybridized carbons (Fsp3) is 0.375. The molecule has 0 bridgehead atoms. The van der Waals surface area contributed by atoms with Gasteiger partial charge in [-0.05, 0) is 52.9 Å². The van der Waals surface area contributed by atoms with Crippen molar-refractivity contribution in [1.29, 1.82) is 0 Å². The second-order valence-electron chi connectivity index (χ2n) is 5.37. The minimum Gasteiger partial charge on any atom is -0.384 e. The molecule has 2 unspecified atom stereocenters. The van der Waals surface area contributed by atoms with Crippen LogP contribution in [0.4, 0.5) is 4.39 Å².